The molecule has 102 valence electrons. The summed E-state index contributed by atoms with van der Waals surface area (Å²) in [6.45, 7) is 4.19. The van der Waals surface area contributed by atoms with Crippen molar-refractivity contribution in [3.63, 3.8) is 0 Å². The first-order chi connectivity index (χ1) is 9.06. The van der Waals surface area contributed by atoms with Crippen molar-refractivity contribution in [1.82, 2.24) is 15.0 Å². The number of hydrogen-bond donors (Lipinski definition) is 1. The highest BCUT2D eigenvalue weighted by atomic mass is 32.1. The lowest BCUT2D eigenvalue weighted by molar-refractivity contribution is -0.139. The van der Waals surface area contributed by atoms with E-state index < -0.39 is 5.97 Å². The van der Waals surface area contributed by atoms with Crippen LogP contribution in [0.3, 0.4) is 0 Å². The van der Waals surface area contributed by atoms with Gasteiger partial charge in [-0.1, -0.05) is 11.2 Å². The minimum absolute atomic E-state index is 0.0411. The standard InChI is InChI=1S/C12H15N3O3S/c1-8(2)15(7-11(16)17)6-10-13-12(18-14-10)9-4-3-5-19-9/h3-5,8H,6-7H2,1-2H3,(H,16,17). The van der Waals surface area contributed by atoms with Gasteiger partial charge in [0.15, 0.2) is 5.82 Å². The Balaban J connectivity index is 2.08. The molecule has 2 aromatic rings. The van der Waals surface area contributed by atoms with Gasteiger partial charge in [-0.2, -0.15) is 4.98 Å². The Morgan fingerprint density at radius 2 is 2.37 bits per heavy atom. The summed E-state index contributed by atoms with van der Waals surface area (Å²) in [4.78, 5) is 17.8. The molecule has 0 aromatic carbocycles. The zero-order valence-electron chi connectivity index (χ0n) is 10.7. The molecular formula is C12H15N3O3S. The molecule has 2 aromatic heterocycles. The predicted octanol–water partition coefficient (Wildman–Crippen LogP) is 2.09. The fourth-order valence-corrected chi connectivity index (χ4v) is 2.24. The Morgan fingerprint density at radius 1 is 1.58 bits per heavy atom. The van der Waals surface area contributed by atoms with Gasteiger partial charge in [-0.05, 0) is 25.3 Å². The Labute approximate surface area is 114 Å². The highest BCUT2D eigenvalue weighted by Crippen LogP contribution is 2.22. The largest absolute Gasteiger partial charge is 0.480 e. The molecule has 19 heavy (non-hydrogen) atoms. The first-order valence-corrected chi connectivity index (χ1v) is 6.76. The van der Waals surface area contributed by atoms with Crippen molar-refractivity contribution in [1.29, 1.82) is 0 Å². The Hall–Kier alpha value is -1.73. The molecule has 6 nitrogen and oxygen atoms in total. The molecule has 0 spiro atoms. The van der Waals surface area contributed by atoms with Crippen LogP contribution in [0.1, 0.15) is 19.7 Å². The van der Waals surface area contributed by atoms with Gasteiger partial charge in [0.1, 0.15) is 0 Å². The summed E-state index contributed by atoms with van der Waals surface area (Å²) in [7, 11) is 0. The number of thiophene rings is 1. The average Bonchev–Trinajstić information content (AvgIpc) is 2.97. The van der Waals surface area contributed by atoms with Gasteiger partial charge < -0.3 is 9.63 Å². The SMILES string of the molecule is CC(C)N(CC(=O)O)Cc1noc(-c2cccs2)n1. The van der Waals surface area contributed by atoms with Crippen molar-refractivity contribution < 1.29 is 14.4 Å². The van der Waals surface area contributed by atoms with Crippen molar-refractivity contribution in [2.24, 2.45) is 0 Å². The molecule has 2 rings (SSSR count). The molecular weight excluding hydrogens is 266 g/mol. The van der Waals surface area contributed by atoms with Crippen molar-refractivity contribution in [2.45, 2.75) is 26.4 Å². The highest BCUT2D eigenvalue weighted by Gasteiger charge is 2.17. The number of rotatable bonds is 6. The summed E-state index contributed by atoms with van der Waals surface area (Å²) >= 11 is 1.52. The van der Waals surface area contributed by atoms with Crippen molar-refractivity contribution in [3.05, 3.63) is 23.3 Å². The lowest BCUT2D eigenvalue weighted by Gasteiger charge is -2.22. The molecule has 0 aliphatic rings. The number of aliphatic carboxylic acids is 1. The Bertz CT molecular complexity index is 536. The number of hydrogen-bond acceptors (Lipinski definition) is 6. The molecule has 0 aliphatic carbocycles. The number of carboxylic acid groups (broad SMARTS) is 1. The van der Waals surface area contributed by atoms with E-state index in [9.17, 15) is 4.79 Å². The first-order valence-electron chi connectivity index (χ1n) is 5.88. The molecule has 0 fully saturated rings. The summed E-state index contributed by atoms with van der Waals surface area (Å²) in [6, 6.07) is 3.91. The molecule has 0 aliphatic heterocycles. The molecule has 0 bridgehead atoms. The fraction of sp³-hybridized carbons (Fsp3) is 0.417. The molecule has 0 amide bonds. The highest BCUT2D eigenvalue weighted by molar-refractivity contribution is 7.13. The quantitative estimate of drug-likeness (QED) is 0.873. The maximum Gasteiger partial charge on any atom is 0.317 e. The van der Waals surface area contributed by atoms with Gasteiger partial charge in [0.05, 0.1) is 18.0 Å². The van der Waals surface area contributed by atoms with Crippen LogP contribution in [0, 0.1) is 0 Å². The van der Waals surface area contributed by atoms with Crippen LogP contribution in [0.5, 0.6) is 0 Å². The van der Waals surface area contributed by atoms with Crippen LogP contribution in [0.15, 0.2) is 22.0 Å². The van der Waals surface area contributed by atoms with Gasteiger partial charge in [-0.3, -0.25) is 9.69 Å². The van der Waals surface area contributed by atoms with Crippen LogP contribution in [0.2, 0.25) is 0 Å². The maximum absolute atomic E-state index is 10.8. The minimum Gasteiger partial charge on any atom is -0.480 e. The predicted molar refractivity (Wildman–Crippen MR) is 70.8 cm³/mol. The summed E-state index contributed by atoms with van der Waals surface area (Å²) in [5.74, 6) is 0.109. The number of carbonyl (C=O) groups is 1. The topological polar surface area (TPSA) is 79.5 Å². The Morgan fingerprint density at radius 3 is 2.95 bits per heavy atom. The van der Waals surface area contributed by atoms with Crippen LogP contribution in [0.4, 0.5) is 0 Å². The summed E-state index contributed by atoms with van der Waals surface area (Å²) in [6.07, 6.45) is 0. The van der Waals surface area contributed by atoms with Crippen LogP contribution < -0.4 is 0 Å². The van der Waals surface area contributed by atoms with Gasteiger partial charge in [-0.25, -0.2) is 0 Å². The van der Waals surface area contributed by atoms with E-state index in [-0.39, 0.29) is 12.6 Å². The molecule has 0 saturated carbocycles. The zero-order valence-corrected chi connectivity index (χ0v) is 11.6. The van der Waals surface area contributed by atoms with Gasteiger partial charge in [0, 0.05) is 6.04 Å². The smallest absolute Gasteiger partial charge is 0.317 e. The Kier molecular flexibility index (Phi) is 4.28. The minimum atomic E-state index is -0.865. The van der Waals surface area contributed by atoms with E-state index >= 15 is 0 Å². The first kappa shape index (κ1) is 13.7. The lowest BCUT2D eigenvalue weighted by Crippen LogP contribution is -2.35. The van der Waals surface area contributed by atoms with Crippen LogP contribution in [-0.4, -0.2) is 38.7 Å². The zero-order chi connectivity index (χ0) is 13.8. The van der Waals surface area contributed by atoms with E-state index in [2.05, 4.69) is 10.1 Å². The van der Waals surface area contributed by atoms with Gasteiger partial charge in [-0.15, -0.1) is 11.3 Å². The summed E-state index contributed by atoms with van der Waals surface area (Å²) in [5, 5.41) is 14.7. The monoisotopic (exact) mass is 281 g/mol. The van der Waals surface area contributed by atoms with Crippen LogP contribution in [0.25, 0.3) is 10.8 Å². The molecule has 0 atom stereocenters. The second kappa shape index (κ2) is 5.94. The molecule has 0 radical (unpaired) electrons. The van der Waals surface area contributed by atoms with Crippen LogP contribution in [-0.2, 0) is 11.3 Å². The molecule has 7 heteroatoms. The third-order valence-electron chi connectivity index (χ3n) is 2.61. The van der Waals surface area contributed by atoms with Crippen molar-refractivity contribution in [2.75, 3.05) is 6.54 Å². The van der Waals surface area contributed by atoms with E-state index in [1.165, 1.54) is 11.3 Å². The third kappa shape index (κ3) is 3.62. The lowest BCUT2D eigenvalue weighted by atomic mass is 10.3. The molecule has 2 heterocycles. The van der Waals surface area contributed by atoms with Gasteiger partial charge in [0.25, 0.3) is 5.89 Å². The molecule has 0 unspecified atom stereocenters. The number of aromatic nitrogens is 2. The summed E-state index contributed by atoms with van der Waals surface area (Å²) in [5.41, 5.74) is 0. The number of nitrogens with zero attached hydrogens (tertiary/aromatic N) is 3. The molecule has 0 saturated heterocycles. The normalized spacial score (nSPS) is 11.4. The van der Waals surface area contributed by atoms with E-state index in [1.807, 2.05) is 31.4 Å². The van der Waals surface area contributed by atoms with Gasteiger partial charge in [0.2, 0.25) is 0 Å². The fourth-order valence-electron chi connectivity index (χ4n) is 1.59. The van der Waals surface area contributed by atoms with Gasteiger partial charge >= 0.3 is 5.97 Å². The van der Waals surface area contributed by atoms with E-state index in [1.54, 1.807) is 4.90 Å². The van der Waals surface area contributed by atoms with Crippen LogP contribution >= 0.6 is 11.3 Å². The summed E-state index contributed by atoms with van der Waals surface area (Å²) < 4.78 is 5.17. The van der Waals surface area contributed by atoms with Crippen molar-refractivity contribution >= 4 is 17.3 Å². The average molecular weight is 281 g/mol. The van der Waals surface area contributed by atoms with E-state index in [4.69, 9.17) is 9.63 Å². The maximum atomic E-state index is 10.8. The van der Waals surface area contributed by atoms with E-state index in [0.29, 0.717) is 18.3 Å². The third-order valence-corrected chi connectivity index (χ3v) is 3.47. The second-order valence-electron chi connectivity index (χ2n) is 4.39. The van der Waals surface area contributed by atoms with E-state index in [0.717, 1.165) is 4.88 Å². The second-order valence-corrected chi connectivity index (χ2v) is 5.33. The van der Waals surface area contributed by atoms with Crippen molar-refractivity contribution in [3.8, 4) is 10.8 Å². The molecule has 1 N–H and O–H groups in total. The number of carboxylic acids is 1.